The smallest absolute Gasteiger partial charge is 0.0831 e. The fraction of sp³-hybridized carbons (Fsp3) is 0.286. The van der Waals surface area contributed by atoms with Crippen molar-refractivity contribution in [1.29, 1.82) is 0 Å². The summed E-state index contributed by atoms with van der Waals surface area (Å²) in [5.41, 5.74) is 6.33. The molecule has 0 spiro atoms. The molecule has 0 saturated heterocycles. The van der Waals surface area contributed by atoms with Crippen molar-refractivity contribution in [1.82, 2.24) is 10.2 Å². The first kappa shape index (κ1) is 6.86. The average molecular weight is 137 g/mol. The summed E-state index contributed by atoms with van der Waals surface area (Å²) >= 11 is 0. The third kappa shape index (κ3) is 1.03. The van der Waals surface area contributed by atoms with Gasteiger partial charge in [0, 0.05) is 10.9 Å². The van der Waals surface area contributed by atoms with E-state index < -0.39 is 0 Å². The molecule has 0 fully saturated rings. The standard InChI is InChI=1S/C7H11N3/c1-3-6-4-9-10-7(6)5(2)8/h3-4,10H,8H2,1-2H3/b6-3-,7-5-. The Morgan fingerprint density at radius 3 is 2.90 bits per heavy atom. The highest BCUT2D eigenvalue weighted by Crippen LogP contribution is 1.67. The second kappa shape index (κ2) is 2.56. The van der Waals surface area contributed by atoms with Gasteiger partial charge in [0.15, 0.2) is 0 Å². The van der Waals surface area contributed by atoms with Crippen LogP contribution in [0.25, 0.3) is 11.8 Å². The van der Waals surface area contributed by atoms with Gasteiger partial charge in [-0.3, -0.25) is 5.10 Å². The van der Waals surface area contributed by atoms with Crippen LogP contribution in [0.3, 0.4) is 0 Å². The Kier molecular flexibility index (Phi) is 1.76. The monoisotopic (exact) mass is 137 g/mol. The molecule has 1 aromatic rings. The number of H-pyrrole nitrogens is 1. The fourth-order valence-electron chi connectivity index (χ4n) is 0.830. The molecule has 3 N–H and O–H groups in total. The van der Waals surface area contributed by atoms with Crippen molar-refractivity contribution in [3.63, 3.8) is 0 Å². The Balaban J connectivity index is 3.59. The zero-order valence-electron chi connectivity index (χ0n) is 6.18. The molecule has 0 bridgehead atoms. The van der Waals surface area contributed by atoms with Gasteiger partial charge in [-0.25, -0.2) is 0 Å². The molecule has 0 saturated carbocycles. The SMILES string of the molecule is C/C=c1/cn[nH]/c1=C(/C)N. The summed E-state index contributed by atoms with van der Waals surface area (Å²) in [4.78, 5) is 0. The van der Waals surface area contributed by atoms with Crippen LogP contribution in [0.4, 0.5) is 0 Å². The summed E-state index contributed by atoms with van der Waals surface area (Å²) < 4.78 is 0. The molecule has 0 aromatic carbocycles. The van der Waals surface area contributed by atoms with Crippen molar-refractivity contribution in [3.05, 3.63) is 16.8 Å². The van der Waals surface area contributed by atoms with Crippen molar-refractivity contribution >= 4 is 11.8 Å². The maximum Gasteiger partial charge on any atom is 0.0831 e. The summed E-state index contributed by atoms with van der Waals surface area (Å²) in [6.45, 7) is 3.80. The molecule has 10 heavy (non-hydrogen) atoms. The van der Waals surface area contributed by atoms with Crippen molar-refractivity contribution in [2.24, 2.45) is 5.73 Å². The lowest BCUT2D eigenvalue weighted by molar-refractivity contribution is 1.05. The van der Waals surface area contributed by atoms with Gasteiger partial charge in [-0.15, -0.1) is 0 Å². The summed E-state index contributed by atoms with van der Waals surface area (Å²) in [6, 6.07) is 0. The van der Waals surface area contributed by atoms with Gasteiger partial charge in [-0.05, 0) is 13.8 Å². The van der Waals surface area contributed by atoms with E-state index in [2.05, 4.69) is 10.2 Å². The summed E-state index contributed by atoms with van der Waals surface area (Å²) in [5, 5.41) is 8.64. The average Bonchev–Trinajstić information content (AvgIpc) is 2.33. The fourth-order valence-corrected chi connectivity index (χ4v) is 0.830. The number of aromatic nitrogens is 2. The second-order valence-electron chi connectivity index (χ2n) is 2.17. The van der Waals surface area contributed by atoms with Crippen LogP contribution < -0.4 is 16.3 Å². The molecule has 0 amide bonds. The quantitative estimate of drug-likeness (QED) is 0.496. The topological polar surface area (TPSA) is 54.7 Å². The van der Waals surface area contributed by atoms with E-state index in [4.69, 9.17) is 5.73 Å². The van der Waals surface area contributed by atoms with Crippen LogP contribution in [0.5, 0.6) is 0 Å². The number of hydrogen-bond donors (Lipinski definition) is 2. The normalized spacial score (nSPS) is 15.6. The molecule has 3 heteroatoms. The molecule has 0 aliphatic heterocycles. The minimum Gasteiger partial charge on any atom is -0.401 e. The molecular formula is C7H11N3. The number of nitrogens with one attached hydrogen (secondary N) is 1. The lowest BCUT2D eigenvalue weighted by atomic mass is 10.3. The number of hydrogen-bond acceptors (Lipinski definition) is 2. The lowest BCUT2D eigenvalue weighted by Crippen LogP contribution is -2.26. The molecule has 1 heterocycles. The van der Waals surface area contributed by atoms with Gasteiger partial charge in [0.2, 0.25) is 0 Å². The van der Waals surface area contributed by atoms with Crippen LogP contribution in [0, 0.1) is 0 Å². The van der Waals surface area contributed by atoms with Gasteiger partial charge in [0.25, 0.3) is 0 Å². The maximum atomic E-state index is 5.56. The van der Waals surface area contributed by atoms with Gasteiger partial charge in [-0.1, -0.05) is 6.08 Å². The van der Waals surface area contributed by atoms with Crippen LogP contribution in [0.1, 0.15) is 13.8 Å². The molecule has 1 aromatic heterocycles. The molecule has 0 aliphatic rings. The minimum atomic E-state index is 0.769. The van der Waals surface area contributed by atoms with Gasteiger partial charge in [-0.2, -0.15) is 5.10 Å². The molecule has 1 rings (SSSR count). The van der Waals surface area contributed by atoms with Crippen molar-refractivity contribution in [2.45, 2.75) is 13.8 Å². The lowest BCUT2D eigenvalue weighted by Gasteiger charge is -1.83. The second-order valence-corrected chi connectivity index (χ2v) is 2.17. The van der Waals surface area contributed by atoms with E-state index in [9.17, 15) is 0 Å². The molecule has 3 nitrogen and oxygen atoms in total. The van der Waals surface area contributed by atoms with E-state index in [0.717, 1.165) is 16.3 Å². The Bertz CT molecular complexity index is 317. The highest BCUT2D eigenvalue weighted by Gasteiger charge is 1.86. The third-order valence-electron chi connectivity index (χ3n) is 1.37. The van der Waals surface area contributed by atoms with Crippen molar-refractivity contribution in [2.75, 3.05) is 0 Å². The minimum absolute atomic E-state index is 0.769. The van der Waals surface area contributed by atoms with Gasteiger partial charge < -0.3 is 5.73 Å². The van der Waals surface area contributed by atoms with E-state index in [-0.39, 0.29) is 0 Å². The molecule has 0 aliphatic carbocycles. The number of nitrogens with two attached hydrogens (primary N) is 1. The molecule has 0 unspecified atom stereocenters. The number of rotatable bonds is 0. The Morgan fingerprint density at radius 1 is 1.80 bits per heavy atom. The molecular weight excluding hydrogens is 126 g/mol. The summed E-state index contributed by atoms with van der Waals surface area (Å²) in [7, 11) is 0. The van der Waals surface area contributed by atoms with E-state index in [1.807, 2.05) is 19.9 Å². The van der Waals surface area contributed by atoms with E-state index in [1.165, 1.54) is 0 Å². The molecule has 0 atom stereocenters. The van der Waals surface area contributed by atoms with Crippen LogP contribution in [-0.4, -0.2) is 10.2 Å². The first-order valence-corrected chi connectivity index (χ1v) is 3.18. The molecule has 0 radical (unpaired) electrons. The van der Waals surface area contributed by atoms with Crippen LogP contribution in [0.2, 0.25) is 0 Å². The largest absolute Gasteiger partial charge is 0.401 e. The highest BCUT2D eigenvalue weighted by atomic mass is 15.1. The third-order valence-corrected chi connectivity index (χ3v) is 1.37. The predicted molar refractivity (Wildman–Crippen MR) is 41.2 cm³/mol. The Hall–Kier alpha value is -1.25. The molecule has 54 valence electrons. The highest BCUT2D eigenvalue weighted by molar-refractivity contribution is 5.35. The first-order valence-electron chi connectivity index (χ1n) is 3.18. The zero-order chi connectivity index (χ0) is 7.56. The summed E-state index contributed by atoms with van der Waals surface area (Å²) in [6.07, 6.45) is 3.72. The number of nitrogens with zero attached hydrogens (tertiary/aromatic N) is 1. The van der Waals surface area contributed by atoms with Crippen LogP contribution in [0.15, 0.2) is 6.20 Å². The van der Waals surface area contributed by atoms with Crippen molar-refractivity contribution in [3.8, 4) is 0 Å². The van der Waals surface area contributed by atoms with Gasteiger partial charge in [0.05, 0.1) is 11.5 Å². The van der Waals surface area contributed by atoms with Crippen LogP contribution in [-0.2, 0) is 0 Å². The summed E-state index contributed by atoms with van der Waals surface area (Å²) in [5.74, 6) is 0. The Labute approximate surface area is 59.2 Å². The van der Waals surface area contributed by atoms with E-state index in [1.54, 1.807) is 6.20 Å². The maximum absolute atomic E-state index is 5.56. The number of aromatic amines is 1. The van der Waals surface area contributed by atoms with E-state index >= 15 is 0 Å². The van der Waals surface area contributed by atoms with Gasteiger partial charge in [0.1, 0.15) is 0 Å². The van der Waals surface area contributed by atoms with Crippen molar-refractivity contribution < 1.29 is 0 Å². The predicted octanol–water partition coefficient (Wildman–Crippen LogP) is -0.703. The van der Waals surface area contributed by atoms with Crippen LogP contribution >= 0.6 is 0 Å². The van der Waals surface area contributed by atoms with Gasteiger partial charge >= 0.3 is 0 Å². The Morgan fingerprint density at radius 2 is 2.50 bits per heavy atom. The first-order chi connectivity index (χ1) is 4.75. The van der Waals surface area contributed by atoms with E-state index in [0.29, 0.717) is 0 Å². The zero-order valence-corrected chi connectivity index (χ0v) is 6.18.